The molecule has 0 bridgehead atoms. The number of fused-ring (bicyclic) bond motifs is 1. The van der Waals surface area contributed by atoms with Crippen LogP contribution in [-0.2, 0) is 4.74 Å². The van der Waals surface area contributed by atoms with Crippen molar-refractivity contribution in [2.24, 2.45) is 0 Å². The summed E-state index contributed by atoms with van der Waals surface area (Å²) in [7, 11) is 1.67. The molecule has 0 amide bonds. The van der Waals surface area contributed by atoms with Crippen LogP contribution in [0.5, 0.6) is 0 Å². The lowest BCUT2D eigenvalue weighted by atomic mass is 10.1. The Morgan fingerprint density at radius 3 is 2.76 bits per heavy atom. The highest BCUT2D eigenvalue weighted by atomic mass is 35.5. The predicted octanol–water partition coefficient (Wildman–Crippen LogP) is -0.867. The molecule has 2 aromatic heterocycles. The summed E-state index contributed by atoms with van der Waals surface area (Å²) in [5.74, 6) is 0.440. The third-order valence-electron chi connectivity index (χ3n) is 3.42. The lowest BCUT2D eigenvalue weighted by Crippen LogP contribution is -2.33. The zero-order chi connectivity index (χ0) is 15.1. The van der Waals surface area contributed by atoms with Gasteiger partial charge in [0.15, 0.2) is 23.2 Å². The molecule has 2 aromatic rings. The Bertz CT molecular complexity index is 665. The van der Waals surface area contributed by atoms with Gasteiger partial charge < -0.3 is 25.4 Å². The standard InChI is InChI=1S/C11H14ClN5O4/c1-13-8-5-9(16-11(12)15-8)17(3-14-5)10-7(20)6(19)4(2-18)21-10/h3-4,6-7,10,18-20H,2H2,1H3,(H,13,15,16)/t4-,6-,7+,10-/m1/s1. The number of rotatable bonds is 3. The summed E-state index contributed by atoms with van der Waals surface area (Å²) < 4.78 is 6.90. The largest absolute Gasteiger partial charge is 0.394 e. The minimum absolute atomic E-state index is 0.0142. The summed E-state index contributed by atoms with van der Waals surface area (Å²) in [6, 6.07) is 0. The molecule has 1 saturated heterocycles. The number of halogens is 1. The highest BCUT2D eigenvalue weighted by molar-refractivity contribution is 6.28. The number of ether oxygens (including phenoxy) is 1. The fourth-order valence-corrected chi connectivity index (χ4v) is 2.52. The highest BCUT2D eigenvalue weighted by Gasteiger charge is 2.44. The molecule has 1 aliphatic rings. The zero-order valence-electron chi connectivity index (χ0n) is 11.0. The maximum Gasteiger partial charge on any atom is 0.226 e. The number of imidazole rings is 1. The van der Waals surface area contributed by atoms with Crippen LogP contribution in [0.4, 0.5) is 5.82 Å². The number of nitrogens with one attached hydrogen (secondary N) is 1. The Hall–Kier alpha value is -1.52. The second kappa shape index (κ2) is 5.35. The smallest absolute Gasteiger partial charge is 0.226 e. The molecule has 3 rings (SSSR count). The molecule has 114 valence electrons. The Kier molecular flexibility index (Phi) is 3.68. The van der Waals surface area contributed by atoms with Crippen molar-refractivity contribution in [1.29, 1.82) is 0 Å². The summed E-state index contributed by atoms with van der Waals surface area (Å²) >= 11 is 5.86. The van der Waals surface area contributed by atoms with Crippen LogP contribution in [0.3, 0.4) is 0 Å². The van der Waals surface area contributed by atoms with Gasteiger partial charge in [0.1, 0.15) is 18.3 Å². The van der Waals surface area contributed by atoms with Crippen molar-refractivity contribution < 1.29 is 20.1 Å². The van der Waals surface area contributed by atoms with E-state index in [1.807, 2.05) is 0 Å². The van der Waals surface area contributed by atoms with E-state index in [0.29, 0.717) is 17.0 Å². The van der Waals surface area contributed by atoms with Crippen molar-refractivity contribution >= 4 is 28.6 Å². The molecule has 21 heavy (non-hydrogen) atoms. The molecule has 9 nitrogen and oxygen atoms in total. The molecule has 0 aromatic carbocycles. The van der Waals surface area contributed by atoms with Gasteiger partial charge in [0.05, 0.1) is 12.9 Å². The molecular formula is C11H14ClN5O4. The topological polar surface area (TPSA) is 126 Å². The van der Waals surface area contributed by atoms with Crippen molar-refractivity contribution in [2.75, 3.05) is 19.0 Å². The molecule has 4 atom stereocenters. The monoisotopic (exact) mass is 315 g/mol. The van der Waals surface area contributed by atoms with Gasteiger partial charge in [0, 0.05) is 7.05 Å². The normalized spacial score (nSPS) is 29.2. The van der Waals surface area contributed by atoms with Crippen LogP contribution >= 0.6 is 11.6 Å². The molecule has 10 heteroatoms. The van der Waals surface area contributed by atoms with Crippen LogP contribution in [-0.4, -0.2) is 66.8 Å². The second-order valence-electron chi connectivity index (χ2n) is 4.64. The van der Waals surface area contributed by atoms with E-state index in [9.17, 15) is 10.2 Å². The predicted molar refractivity (Wildman–Crippen MR) is 72.9 cm³/mol. The van der Waals surface area contributed by atoms with Gasteiger partial charge in [0.25, 0.3) is 0 Å². The minimum atomic E-state index is -1.22. The third kappa shape index (κ3) is 2.23. The first-order chi connectivity index (χ1) is 10.1. The van der Waals surface area contributed by atoms with Crippen molar-refractivity contribution in [3.05, 3.63) is 11.6 Å². The van der Waals surface area contributed by atoms with E-state index in [0.717, 1.165) is 0 Å². The van der Waals surface area contributed by atoms with Gasteiger partial charge in [-0.2, -0.15) is 9.97 Å². The summed E-state index contributed by atoms with van der Waals surface area (Å²) in [6.45, 7) is -0.404. The highest BCUT2D eigenvalue weighted by Crippen LogP contribution is 2.32. The average molecular weight is 316 g/mol. The first-order valence-corrected chi connectivity index (χ1v) is 6.65. The molecule has 0 radical (unpaired) electrons. The van der Waals surface area contributed by atoms with Crippen LogP contribution in [0.15, 0.2) is 6.33 Å². The van der Waals surface area contributed by atoms with Gasteiger partial charge >= 0.3 is 0 Å². The van der Waals surface area contributed by atoms with E-state index in [1.165, 1.54) is 10.9 Å². The van der Waals surface area contributed by atoms with E-state index in [-0.39, 0.29) is 5.28 Å². The van der Waals surface area contributed by atoms with Crippen molar-refractivity contribution in [3.63, 3.8) is 0 Å². The van der Waals surface area contributed by atoms with Gasteiger partial charge in [-0.3, -0.25) is 4.57 Å². The minimum Gasteiger partial charge on any atom is -0.394 e. The fraction of sp³-hybridized carbons (Fsp3) is 0.545. The number of anilines is 1. The number of hydrogen-bond donors (Lipinski definition) is 4. The van der Waals surface area contributed by atoms with Gasteiger partial charge in [-0.15, -0.1) is 0 Å². The summed E-state index contributed by atoms with van der Waals surface area (Å²) in [5.41, 5.74) is 0.814. The molecule has 0 saturated carbocycles. The van der Waals surface area contributed by atoms with Gasteiger partial charge in [-0.25, -0.2) is 4.98 Å². The van der Waals surface area contributed by atoms with E-state index in [4.69, 9.17) is 21.4 Å². The molecule has 4 N–H and O–H groups in total. The Morgan fingerprint density at radius 2 is 2.14 bits per heavy atom. The molecule has 1 aliphatic heterocycles. The Labute approximate surface area is 124 Å². The van der Waals surface area contributed by atoms with Crippen LogP contribution in [0.1, 0.15) is 6.23 Å². The number of nitrogens with zero attached hydrogens (tertiary/aromatic N) is 4. The molecular weight excluding hydrogens is 302 g/mol. The van der Waals surface area contributed by atoms with Crippen LogP contribution < -0.4 is 5.32 Å². The summed E-state index contributed by atoms with van der Waals surface area (Å²) in [4.78, 5) is 12.2. The number of aliphatic hydroxyl groups excluding tert-OH is 3. The molecule has 0 unspecified atom stereocenters. The molecule has 1 fully saturated rings. The van der Waals surface area contributed by atoms with Gasteiger partial charge in [-0.05, 0) is 11.6 Å². The maximum atomic E-state index is 10.1. The van der Waals surface area contributed by atoms with Gasteiger partial charge in [-0.1, -0.05) is 0 Å². The third-order valence-corrected chi connectivity index (χ3v) is 3.59. The van der Waals surface area contributed by atoms with Crippen molar-refractivity contribution in [1.82, 2.24) is 19.5 Å². The maximum absolute atomic E-state index is 10.1. The van der Waals surface area contributed by atoms with Crippen LogP contribution in [0, 0.1) is 0 Å². The molecule has 0 aliphatic carbocycles. The first-order valence-electron chi connectivity index (χ1n) is 6.27. The quantitative estimate of drug-likeness (QED) is 0.539. The lowest BCUT2D eigenvalue weighted by Gasteiger charge is -2.16. The lowest BCUT2D eigenvalue weighted by molar-refractivity contribution is -0.0511. The number of hydrogen-bond acceptors (Lipinski definition) is 8. The first kappa shape index (κ1) is 14.4. The Balaban J connectivity index is 2.07. The van der Waals surface area contributed by atoms with E-state index in [2.05, 4.69) is 20.3 Å². The molecule has 3 heterocycles. The average Bonchev–Trinajstić information content (AvgIpc) is 3.01. The molecule has 0 spiro atoms. The van der Waals surface area contributed by atoms with Crippen LogP contribution in [0.25, 0.3) is 11.2 Å². The summed E-state index contributed by atoms with van der Waals surface area (Å²) in [6.07, 6.45) is -2.79. The van der Waals surface area contributed by atoms with E-state index >= 15 is 0 Å². The van der Waals surface area contributed by atoms with Crippen molar-refractivity contribution in [3.8, 4) is 0 Å². The summed E-state index contributed by atoms with van der Waals surface area (Å²) in [5, 5.41) is 31.9. The SMILES string of the molecule is CNc1nc(Cl)nc2c1ncn2[C@@H]1O[C@H](CO)[C@@H](O)[C@@H]1O. The zero-order valence-corrected chi connectivity index (χ0v) is 11.8. The number of aromatic nitrogens is 4. The van der Waals surface area contributed by atoms with Crippen molar-refractivity contribution in [2.45, 2.75) is 24.5 Å². The van der Waals surface area contributed by atoms with E-state index < -0.39 is 31.1 Å². The van der Waals surface area contributed by atoms with Crippen LogP contribution in [0.2, 0.25) is 5.28 Å². The Morgan fingerprint density at radius 1 is 1.38 bits per heavy atom. The second-order valence-corrected chi connectivity index (χ2v) is 4.98. The number of aliphatic hydroxyl groups is 3. The van der Waals surface area contributed by atoms with E-state index in [1.54, 1.807) is 7.05 Å². The van der Waals surface area contributed by atoms with Gasteiger partial charge in [0.2, 0.25) is 5.28 Å². The fourth-order valence-electron chi connectivity index (χ4n) is 2.36.